The molecule has 1 aromatic heterocycles. The molecular weight excluding hydrogens is 448 g/mol. The van der Waals surface area contributed by atoms with E-state index in [9.17, 15) is 4.79 Å². The first-order chi connectivity index (χ1) is 14.1. The first-order valence-corrected chi connectivity index (χ1v) is 10.1. The number of allylic oxidation sites excluding steroid dienone is 1. The summed E-state index contributed by atoms with van der Waals surface area (Å²) in [7, 11) is 0. The van der Waals surface area contributed by atoms with Crippen molar-refractivity contribution in [3.63, 3.8) is 0 Å². The molecular formula is C24H16BrClN2O. The van der Waals surface area contributed by atoms with Crippen LogP contribution in [-0.2, 0) is 0 Å². The summed E-state index contributed by atoms with van der Waals surface area (Å²) in [6.07, 6.45) is 5.16. The van der Waals surface area contributed by atoms with E-state index in [0.29, 0.717) is 10.6 Å². The minimum atomic E-state index is -0.0344. The molecule has 4 aromatic rings. The van der Waals surface area contributed by atoms with Crippen molar-refractivity contribution in [3.05, 3.63) is 106 Å². The summed E-state index contributed by atoms with van der Waals surface area (Å²) >= 11 is 9.44. The highest BCUT2D eigenvalue weighted by Gasteiger charge is 2.04. The Balaban J connectivity index is 1.55. The number of carbonyl (C=O) groups is 1. The number of hydrogen-bond donors (Lipinski definition) is 1. The van der Waals surface area contributed by atoms with Crippen LogP contribution in [0.2, 0.25) is 5.02 Å². The second-order valence-electron chi connectivity index (χ2n) is 6.47. The Hall–Kier alpha value is -2.95. The lowest BCUT2D eigenvalue weighted by molar-refractivity contribution is 0.104. The molecule has 0 atom stereocenters. The summed E-state index contributed by atoms with van der Waals surface area (Å²) < 4.78 is 0.947. The van der Waals surface area contributed by atoms with Crippen molar-refractivity contribution in [2.75, 3.05) is 5.32 Å². The highest BCUT2D eigenvalue weighted by Crippen LogP contribution is 2.27. The van der Waals surface area contributed by atoms with E-state index in [0.717, 1.165) is 32.3 Å². The van der Waals surface area contributed by atoms with Gasteiger partial charge in [-0.1, -0.05) is 45.7 Å². The molecule has 1 heterocycles. The van der Waals surface area contributed by atoms with Crippen LogP contribution in [0, 0.1) is 0 Å². The predicted octanol–water partition coefficient (Wildman–Crippen LogP) is 7.29. The molecule has 0 unspecified atom stereocenters. The molecule has 0 fully saturated rings. The lowest BCUT2D eigenvalue weighted by atomic mass is 10.1. The molecule has 5 heteroatoms. The van der Waals surface area contributed by atoms with E-state index in [4.69, 9.17) is 11.6 Å². The predicted molar refractivity (Wildman–Crippen MR) is 124 cm³/mol. The number of fused-ring (bicyclic) bond motifs is 1. The van der Waals surface area contributed by atoms with Crippen molar-refractivity contribution >= 4 is 61.7 Å². The number of carbonyl (C=O) groups excluding carboxylic acids is 1. The highest BCUT2D eigenvalue weighted by molar-refractivity contribution is 9.10. The summed E-state index contributed by atoms with van der Waals surface area (Å²) in [5.41, 5.74) is 4.28. The second-order valence-corrected chi connectivity index (χ2v) is 7.83. The Morgan fingerprint density at radius 1 is 1.00 bits per heavy atom. The molecule has 142 valence electrons. The van der Waals surface area contributed by atoms with Crippen LogP contribution in [0.1, 0.15) is 15.9 Å². The molecule has 0 saturated heterocycles. The molecule has 3 nitrogen and oxygen atoms in total. The van der Waals surface area contributed by atoms with Gasteiger partial charge in [0.05, 0.1) is 5.52 Å². The molecule has 0 amide bonds. The minimum absolute atomic E-state index is 0.0344. The van der Waals surface area contributed by atoms with Crippen molar-refractivity contribution in [2.24, 2.45) is 0 Å². The van der Waals surface area contributed by atoms with Crippen LogP contribution in [-0.4, -0.2) is 10.8 Å². The molecule has 0 saturated carbocycles. The monoisotopic (exact) mass is 462 g/mol. The number of ketones is 1. The number of nitrogens with zero attached hydrogens (tertiary/aromatic N) is 1. The molecule has 1 N–H and O–H groups in total. The zero-order valence-corrected chi connectivity index (χ0v) is 17.6. The maximum absolute atomic E-state index is 12.3. The Bertz CT molecular complexity index is 1220. The molecule has 0 radical (unpaired) electrons. The van der Waals surface area contributed by atoms with Gasteiger partial charge in [-0.05, 0) is 72.3 Å². The maximum Gasteiger partial charge on any atom is 0.185 e. The van der Waals surface area contributed by atoms with Crippen LogP contribution in [0.5, 0.6) is 0 Å². The topological polar surface area (TPSA) is 42.0 Å². The summed E-state index contributed by atoms with van der Waals surface area (Å²) in [4.78, 5) is 16.7. The van der Waals surface area contributed by atoms with Crippen LogP contribution < -0.4 is 5.32 Å². The van der Waals surface area contributed by atoms with Crippen LogP contribution in [0.25, 0.3) is 17.0 Å². The van der Waals surface area contributed by atoms with E-state index in [2.05, 4.69) is 26.2 Å². The Kier molecular flexibility index (Phi) is 5.74. The van der Waals surface area contributed by atoms with Crippen LogP contribution in [0.3, 0.4) is 0 Å². The van der Waals surface area contributed by atoms with Gasteiger partial charge in [-0.25, -0.2) is 0 Å². The van der Waals surface area contributed by atoms with Gasteiger partial charge in [0.1, 0.15) is 0 Å². The molecule has 29 heavy (non-hydrogen) atoms. The Morgan fingerprint density at radius 3 is 2.66 bits per heavy atom. The number of anilines is 2. The number of pyridine rings is 1. The van der Waals surface area contributed by atoms with Gasteiger partial charge in [0.2, 0.25) is 0 Å². The fourth-order valence-corrected chi connectivity index (χ4v) is 3.42. The van der Waals surface area contributed by atoms with Gasteiger partial charge in [0.15, 0.2) is 5.78 Å². The van der Waals surface area contributed by atoms with E-state index in [1.165, 1.54) is 0 Å². The standard InChI is InChI=1S/C24H16BrClN2O/c25-18-7-5-17(6-8-18)24(29)11-4-16-2-1-3-20(14-16)28-22-12-13-27-23-15-19(26)9-10-21(22)23/h1-15H,(H,27,28)/b11-4+. The number of hydrogen-bond acceptors (Lipinski definition) is 3. The first-order valence-electron chi connectivity index (χ1n) is 8.98. The van der Waals surface area contributed by atoms with Crippen LogP contribution in [0.15, 0.2) is 89.5 Å². The largest absolute Gasteiger partial charge is 0.355 e. The van der Waals surface area contributed by atoms with Gasteiger partial charge < -0.3 is 5.32 Å². The van der Waals surface area contributed by atoms with Crippen LogP contribution >= 0.6 is 27.5 Å². The SMILES string of the molecule is O=C(/C=C/c1cccc(Nc2ccnc3cc(Cl)ccc23)c1)c1ccc(Br)cc1. The van der Waals surface area contributed by atoms with Gasteiger partial charge in [0.25, 0.3) is 0 Å². The normalized spacial score (nSPS) is 11.1. The van der Waals surface area contributed by atoms with Crippen molar-refractivity contribution in [1.82, 2.24) is 4.98 Å². The van der Waals surface area contributed by atoms with Gasteiger partial charge in [-0.2, -0.15) is 0 Å². The van der Waals surface area contributed by atoms with E-state index in [-0.39, 0.29) is 5.78 Å². The molecule has 0 spiro atoms. The zero-order chi connectivity index (χ0) is 20.2. The average Bonchev–Trinajstić information content (AvgIpc) is 2.73. The summed E-state index contributed by atoms with van der Waals surface area (Å²) in [5.74, 6) is -0.0344. The molecule has 4 rings (SSSR count). The number of rotatable bonds is 5. The van der Waals surface area contributed by atoms with E-state index >= 15 is 0 Å². The molecule has 0 aliphatic heterocycles. The Labute approximate surface area is 182 Å². The van der Waals surface area contributed by atoms with E-state index < -0.39 is 0 Å². The quantitative estimate of drug-likeness (QED) is 0.249. The molecule has 3 aromatic carbocycles. The third kappa shape index (κ3) is 4.73. The van der Waals surface area contributed by atoms with Crippen molar-refractivity contribution in [1.29, 1.82) is 0 Å². The van der Waals surface area contributed by atoms with Gasteiger partial charge in [-0.15, -0.1) is 0 Å². The van der Waals surface area contributed by atoms with Crippen molar-refractivity contribution < 1.29 is 4.79 Å². The third-order valence-corrected chi connectivity index (χ3v) is 5.19. The number of nitrogens with one attached hydrogen (secondary N) is 1. The van der Waals surface area contributed by atoms with E-state index in [1.807, 2.05) is 66.7 Å². The lowest BCUT2D eigenvalue weighted by Crippen LogP contribution is -1.94. The molecule has 0 aliphatic rings. The smallest absolute Gasteiger partial charge is 0.185 e. The van der Waals surface area contributed by atoms with Crippen LogP contribution in [0.4, 0.5) is 11.4 Å². The first kappa shape index (κ1) is 19.4. The number of halogens is 2. The summed E-state index contributed by atoms with van der Waals surface area (Å²) in [5, 5.41) is 5.07. The number of aromatic nitrogens is 1. The molecule has 0 bridgehead atoms. The second kappa shape index (κ2) is 8.60. The lowest BCUT2D eigenvalue weighted by Gasteiger charge is -2.10. The fourth-order valence-electron chi connectivity index (χ4n) is 2.99. The fraction of sp³-hybridized carbons (Fsp3) is 0. The van der Waals surface area contributed by atoms with Gasteiger partial charge in [0, 0.05) is 38.0 Å². The highest BCUT2D eigenvalue weighted by atomic mass is 79.9. The maximum atomic E-state index is 12.3. The average molecular weight is 464 g/mol. The zero-order valence-electron chi connectivity index (χ0n) is 15.3. The van der Waals surface area contributed by atoms with Crippen molar-refractivity contribution in [2.45, 2.75) is 0 Å². The minimum Gasteiger partial charge on any atom is -0.355 e. The molecule has 0 aliphatic carbocycles. The summed E-state index contributed by atoms with van der Waals surface area (Å²) in [6, 6.07) is 22.8. The Morgan fingerprint density at radius 2 is 1.83 bits per heavy atom. The van der Waals surface area contributed by atoms with Crippen molar-refractivity contribution in [3.8, 4) is 0 Å². The number of benzene rings is 3. The summed E-state index contributed by atoms with van der Waals surface area (Å²) in [6.45, 7) is 0. The van der Waals surface area contributed by atoms with Gasteiger partial charge >= 0.3 is 0 Å². The third-order valence-electron chi connectivity index (χ3n) is 4.43. The van der Waals surface area contributed by atoms with E-state index in [1.54, 1.807) is 24.4 Å². The van der Waals surface area contributed by atoms with Gasteiger partial charge in [-0.3, -0.25) is 9.78 Å².